The fraction of sp³-hybridized carbons (Fsp3) is 0.412. The number of rotatable bonds is 4. The van der Waals surface area contributed by atoms with E-state index in [2.05, 4.69) is 22.3 Å². The minimum absolute atomic E-state index is 0.254. The van der Waals surface area contributed by atoms with Gasteiger partial charge in [0.2, 0.25) is 0 Å². The SMILES string of the molecule is CCN1CCN(c2ccc(C(=O)Nc3cc(C)on3)cc2F)CC1. The number of nitrogens with zero attached hydrogens (tertiary/aromatic N) is 3. The van der Waals surface area contributed by atoms with E-state index in [4.69, 9.17) is 4.52 Å². The molecule has 3 rings (SSSR count). The Balaban J connectivity index is 1.69. The van der Waals surface area contributed by atoms with Crippen molar-refractivity contribution in [3.63, 3.8) is 0 Å². The van der Waals surface area contributed by atoms with Crippen molar-refractivity contribution in [3.8, 4) is 0 Å². The van der Waals surface area contributed by atoms with Gasteiger partial charge in [0.1, 0.15) is 11.6 Å². The second-order valence-electron chi connectivity index (χ2n) is 5.86. The molecule has 0 atom stereocenters. The minimum atomic E-state index is -0.412. The van der Waals surface area contributed by atoms with Crippen LogP contribution in [0.3, 0.4) is 0 Å². The molecule has 0 saturated carbocycles. The highest BCUT2D eigenvalue weighted by Crippen LogP contribution is 2.22. The van der Waals surface area contributed by atoms with Crippen molar-refractivity contribution in [1.82, 2.24) is 10.1 Å². The molecule has 24 heavy (non-hydrogen) atoms. The van der Waals surface area contributed by atoms with Gasteiger partial charge in [0, 0.05) is 37.8 Å². The molecule has 1 aromatic heterocycles. The molecule has 1 aliphatic heterocycles. The van der Waals surface area contributed by atoms with E-state index in [1.165, 1.54) is 6.07 Å². The van der Waals surface area contributed by atoms with Gasteiger partial charge in [-0.2, -0.15) is 0 Å². The van der Waals surface area contributed by atoms with E-state index in [1.807, 2.05) is 4.90 Å². The van der Waals surface area contributed by atoms with Crippen molar-refractivity contribution in [2.75, 3.05) is 42.9 Å². The van der Waals surface area contributed by atoms with Crippen molar-refractivity contribution in [2.24, 2.45) is 0 Å². The Morgan fingerprint density at radius 3 is 2.62 bits per heavy atom. The molecule has 0 aliphatic carbocycles. The lowest BCUT2D eigenvalue weighted by molar-refractivity contribution is 0.102. The summed E-state index contributed by atoms with van der Waals surface area (Å²) in [6, 6.07) is 6.17. The van der Waals surface area contributed by atoms with E-state index < -0.39 is 5.91 Å². The molecule has 1 aromatic carbocycles. The molecule has 2 heterocycles. The predicted octanol–water partition coefficient (Wildman–Crippen LogP) is 2.52. The number of hydrogen-bond acceptors (Lipinski definition) is 5. The molecule has 0 spiro atoms. The summed E-state index contributed by atoms with van der Waals surface area (Å²) in [4.78, 5) is 16.5. The Hall–Kier alpha value is -2.41. The van der Waals surface area contributed by atoms with E-state index in [-0.39, 0.29) is 11.4 Å². The van der Waals surface area contributed by atoms with Gasteiger partial charge in [0.15, 0.2) is 5.82 Å². The normalized spacial score (nSPS) is 15.5. The van der Waals surface area contributed by atoms with Crippen LogP contribution in [0.25, 0.3) is 0 Å². The van der Waals surface area contributed by atoms with Crippen molar-refractivity contribution >= 4 is 17.4 Å². The van der Waals surface area contributed by atoms with Crippen molar-refractivity contribution < 1.29 is 13.7 Å². The second-order valence-corrected chi connectivity index (χ2v) is 5.86. The van der Waals surface area contributed by atoms with E-state index >= 15 is 0 Å². The molecule has 128 valence electrons. The standard InChI is InChI=1S/C17H21FN4O2/c1-3-21-6-8-22(9-7-21)15-5-4-13(11-14(15)18)17(23)19-16-10-12(2)24-20-16/h4-5,10-11H,3,6-9H2,1-2H3,(H,19,20,23). The quantitative estimate of drug-likeness (QED) is 0.932. The van der Waals surface area contributed by atoms with E-state index in [1.54, 1.807) is 25.1 Å². The Labute approximate surface area is 140 Å². The molecule has 0 radical (unpaired) electrons. The molecule has 0 unspecified atom stereocenters. The zero-order chi connectivity index (χ0) is 17.1. The first-order valence-corrected chi connectivity index (χ1v) is 8.08. The Kier molecular flexibility index (Phi) is 4.80. The minimum Gasteiger partial charge on any atom is -0.367 e. The average molecular weight is 332 g/mol. The molecule has 1 N–H and O–H groups in total. The second kappa shape index (κ2) is 7.00. The average Bonchev–Trinajstić information content (AvgIpc) is 3.00. The zero-order valence-electron chi connectivity index (χ0n) is 13.9. The highest BCUT2D eigenvalue weighted by molar-refractivity contribution is 6.03. The largest absolute Gasteiger partial charge is 0.367 e. The molecule has 1 saturated heterocycles. The summed E-state index contributed by atoms with van der Waals surface area (Å²) in [5.74, 6) is 0.115. The Morgan fingerprint density at radius 2 is 2.04 bits per heavy atom. The van der Waals surface area contributed by atoms with Crippen LogP contribution in [0.2, 0.25) is 0 Å². The number of carbonyl (C=O) groups excluding carboxylic acids is 1. The van der Waals surface area contributed by atoms with E-state index in [0.29, 0.717) is 17.3 Å². The topological polar surface area (TPSA) is 61.6 Å². The molecule has 1 aliphatic rings. The number of anilines is 2. The Morgan fingerprint density at radius 1 is 1.29 bits per heavy atom. The smallest absolute Gasteiger partial charge is 0.257 e. The van der Waals surface area contributed by atoms with Gasteiger partial charge in [-0.15, -0.1) is 0 Å². The summed E-state index contributed by atoms with van der Waals surface area (Å²) in [6.45, 7) is 8.28. The third-order valence-electron chi connectivity index (χ3n) is 4.24. The van der Waals surface area contributed by atoms with Gasteiger partial charge in [-0.25, -0.2) is 4.39 Å². The van der Waals surface area contributed by atoms with Crippen LogP contribution in [0, 0.1) is 12.7 Å². The van der Waals surface area contributed by atoms with E-state index in [0.717, 1.165) is 32.7 Å². The molecule has 1 amide bonds. The van der Waals surface area contributed by atoms with Crippen LogP contribution in [0.15, 0.2) is 28.8 Å². The molecule has 2 aromatic rings. The zero-order valence-corrected chi connectivity index (χ0v) is 13.9. The third kappa shape index (κ3) is 3.56. The lowest BCUT2D eigenvalue weighted by Crippen LogP contribution is -2.46. The van der Waals surface area contributed by atoms with Gasteiger partial charge in [0.05, 0.1) is 5.69 Å². The van der Waals surface area contributed by atoms with Crippen molar-refractivity contribution in [2.45, 2.75) is 13.8 Å². The number of halogens is 1. The number of benzene rings is 1. The monoisotopic (exact) mass is 332 g/mol. The van der Waals surface area contributed by atoms with E-state index in [9.17, 15) is 9.18 Å². The molecular weight excluding hydrogens is 311 g/mol. The molecular formula is C17H21FN4O2. The maximum atomic E-state index is 14.4. The number of carbonyl (C=O) groups is 1. The first-order valence-electron chi connectivity index (χ1n) is 8.08. The number of likely N-dealkylation sites (N-methyl/N-ethyl adjacent to an activating group) is 1. The number of amides is 1. The summed E-state index contributed by atoms with van der Waals surface area (Å²) in [7, 11) is 0. The van der Waals surface area contributed by atoms with Crippen LogP contribution < -0.4 is 10.2 Å². The number of aryl methyl sites for hydroxylation is 1. The van der Waals surface area contributed by atoms with Crippen LogP contribution in [-0.2, 0) is 0 Å². The van der Waals surface area contributed by atoms with Gasteiger partial charge in [0.25, 0.3) is 5.91 Å². The van der Waals surface area contributed by atoms with Crippen LogP contribution in [0.1, 0.15) is 23.0 Å². The first-order chi connectivity index (χ1) is 11.6. The highest BCUT2D eigenvalue weighted by Gasteiger charge is 2.19. The van der Waals surface area contributed by atoms with Crippen LogP contribution in [0.5, 0.6) is 0 Å². The summed E-state index contributed by atoms with van der Waals surface area (Å²) >= 11 is 0. The number of aromatic nitrogens is 1. The van der Waals surface area contributed by atoms with Gasteiger partial charge >= 0.3 is 0 Å². The predicted molar refractivity (Wildman–Crippen MR) is 89.9 cm³/mol. The molecule has 0 bridgehead atoms. The fourth-order valence-electron chi connectivity index (χ4n) is 2.82. The number of piperazine rings is 1. The van der Waals surface area contributed by atoms with Crippen LogP contribution in [0.4, 0.5) is 15.9 Å². The number of hydrogen-bond donors (Lipinski definition) is 1. The van der Waals surface area contributed by atoms with Gasteiger partial charge < -0.3 is 19.6 Å². The van der Waals surface area contributed by atoms with Crippen molar-refractivity contribution in [1.29, 1.82) is 0 Å². The fourth-order valence-corrected chi connectivity index (χ4v) is 2.82. The van der Waals surface area contributed by atoms with Crippen LogP contribution >= 0.6 is 0 Å². The summed E-state index contributed by atoms with van der Waals surface area (Å²) < 4.78 is 19.3. The lowest BCUT2D eigenvalue weighted by atomic mass is 10.1. The van der Waals surface area contributed by atoms with Gasteiger partial charge in [-0.3, -0.25) is 4.79 Å². The Bertz CT molecular complexity index is 723. The summed E-state index contributed by atoms with van der Waals surface area (Å²) in [5, 5.41) is 6.28. The van der Waals surface area contributed by atoms with Gasteiger partial charge in [-0.1, -0.05) is 12.1 Å². The number of nitrogens with one attached hydrogen (secondary N) is 1. The third-order valence-corrected chi connectivity index (χ3v) is 4.24. The summed E-state index contributed by atoms with van der Waals surface area (Å²) in [6.07, 6.45) is 0. The molecule has 1 fully saturated rings. The highest BCUT2D eigenvalue weighted by atomic mass is 19.1. The first kappa shape index (κ1) is 16.4. The molecule has 7 heteroatoms. The molecule has 6 nitrogen and oxygen atoms in total. The van der Waals surface area contributed by atoms with Crippen molar-refractivity contribution in [3.05, 3.63) is 41.4 Å². The maximum absolute atomic E-state index is 14.4. The van der Waals surface area contributed by atoms with Crippen LogP contribution in [-0.4, -0.2) is 48.7 Å². The van der Waals surface area contributed by atoms with Gasteiger partial charge in [-0.05, 0) is 31.7 Å². The lowest BCUT2D eigenvalue weighted by Gasteiger charge is -2.35. The maximum Gasteiger partial charge on any atom is 0.257 e. The summed E-state index contributed by atoms with van der Waals surface area (Å²) in [5.41, 5.74) is 0.795.